The number of hydrogen-bond acceptors (Lipinski definition) is 4. The topological polar surface area (TPSA) is 47.9 Å². The Balaban J connectivity index is 1.84. The van der Waals surface area contributed by atoms with Crippen molar-refractivity contribution in [2.75, 3.05) is 20.3 Å². The minimum atomic E-state index is -0.0322. The van der Waals surface area contributed by atoms with Gasteiger partial charge in [0.15, 0.2) is 11.5 Å². The van der Waals surface area contributed by atoms with Crippen LogP contribution < -0.4 is 14.2 Å². The van der Waals surface area contributed by atoms with E-state index in [1.54, 1.807) is 13.2 Å². The van der Waals surface area contributed by atoms with Crippen LogP contribution in [0.1, 0.15) is 5.56 Å². The summed E-state index contributed by atoms with van der Waals surface area (Å²) in [5.41, 5.74) is 0.790. The van der Waals surface area contributed by atoms with E-state index in [1.165, 1.54) is 0 Å². The van der Waals surface area contributed by atoms with Crippen molar-refractivity contribution in [1.29, 1.82) is 0 Å². The fourth-order valence-electron chi connectivity index (χ4n) is 1.81. The highest BCUT2D eigenvalue weighted by Gasteiger charge is 2.04. The summed E-state index contributed by atoms with van der Waals surface area (Å²) in [5, 5.41) is 9.20. The summed E-state index contributed by atoms with van der Waals surface area (Å²) in [6, 6.07) is 13.0. The predicted octanol–water partition coefficient (Wildman–Crippen LogP) is 3.41. The highest BCUT2D eigenvalue weighted by molar-refractivity contribution is 9.10. The van der Waals surface area contributed by atoms with Crippen molar-refractivity contribution in [1.82, 2.24) is 0 Å². The van der Waals surface area contributed by atoms with Crippen molar-refractivity contribution in [3.05, 3.63) is 52.5 Å². The van der Waals surface area contributed by atoms with E-state index in [4.69, 9.17) is 14.2 Å². The van der Waals surface area contributed by atoms with E-state index in [9.17, 15) is 5.11 Å². The number of aliphatic hydroxyl groups is 1. The van der Waals surface area contributed by atoms with Crippen LogP contribution in [-0.4, -0.2) is 25.4 Å². The van der Waals surface area contributed by atoms with E-state index in [0.717, 1.165) is 10.0 Å². The summed E-state index contributed by atoms with van der Waals surface area (Å²) in [6.07, 6.45) is 0. The molecule has 2 aromatic carbocycles. The second kappa shape index (κ2) is 7.90. The van der Waals surface area contributed by atoms with E-state index in [-0.39, 0.29) is 6.61 Å². The van der Waals surface area contributed by atoms with Gasteiger partial charge in [0, 0.05) is 4.47 Å². The zero-order valence-corrected chi connectivity index (χ0v) is 13.3. The van der Waals surface area contributed by atoms with Crippen LogP contribution in [0.15, 0.2) is 46.9 Å². The number of hydrogen-bond donors (Lipinski definition) is 1. The lowest BCUT2D eigenvalue weighted by molar-refractivity contribution is 0.210. The number of aliphatic hydroxyl groups excluding tert-OH is 1. The predicted molar refractivity (Wildman–Crippen MR) is 84.0 cm³/mol. The molecule has 112 valence electrons. The standard InChI is InChI=1S/C16H17BrO4/c1-19-15-4-2-3-5-16(15)21-9-8-20-13-6-7-14(17)12(10-13)11-18/h2-7,10,18H,8-9,11H2,1H3. The molecule has 0 aliphatic heterocycles. The quantitative estimate of drug-likeness (QED) is 0.775. The van der Waals surface area contributed by atoms with E-state index in [2.05, 4.69) is 15.9 Å². The van der Waals surface area contributed by atoms with Gasteiger partial charge in [0.05, 0.1) is 13.7 Å². The van der Waals surface area contributed by atoms with Gasteiger partial charge in [-0.05, 0) is 35.9 Å². The fraction of sp³-hybridized carbons (Fsp3) is 0.250. The number of rotatable bonds is 7. The second-order valence-electron chi connectivity index (χ2n) is 4.26. The van der Waals surface area contributed by atoms with Gasteiger partial charge in [-0.1, -0.05) is 28.1 Å². The van der Waals surface area contributed by atoms with Crippen LogP contribution in [0.3, 0.4) is 0 Å². The van der Waals surface area contributed by atoms with Crippen molar-refractivity contribution >= 4 is 15.9 Å². The number of para-hydroxylation sites is 2. The summed E-state index contributed by atoms with van der Waals surface area (Å²) in [7, 11) is 1.61. The van der Waals surface area contributed by atoms with Crippen molar-refractivity contribution in [2.24, 2.45) is 0 Å². The smallest absolute Gasteiger partial charge is 0.161 e. The van der Waals surface area contributed by atoms with Crippen LogP contribution in [0.25, 0.3) is 0 Å². The molecule has 0 aromatic heterocycles. The lowest BCUT2D eigenvalue weighted by atomic mass is 10.2. The van der Waals surface area contributed by atoms with Gasteiger partial charge in [-0.3, -0.25) is 0 Å². The highest BCUT2D eigenvalue weighted by Crippen LogP contribution is 2.26. The number of halogens is 1. The number of ether oxygens (including phenoxy) is 3. The Labute approximate surface area is 132 Å². The van der Waals surface area contributed by atoms with E-state index in [0.29, 0.717) is 30.5 Å². The lowest BCUT2D eigenvalue weighted by Crippen LogP contribution is -2.09. The molecule has 0 radical (unpaired) electrons. The number of benzene rings is 2. The summed E-state index contributed by atoms with van der Waals surface area (Å²) in [5.74, 6) is 2.09. The fourth-order valence-corrected chi connectivity index (χ4v) is 2.18. The molecule has 0 fully saturated rings. The molecule has 0 bridgehead atoms. The molecule has 0 unspecified atom stereocenters. The first kappa shape index (κ1) is 15.7. The van der Waals surface area contributed by atoms with Crippen LogP contribution in [0.2, 0.25) is 0 Å². The molecule has 0 saturated carbocycles. The SMILES string of the molecule is COc1ccccc1OCCOc1ccc(Br)c(CO)c1. The summed E-state index contributed by atoms with van der Waals surface area (Å²) < 4.78 is 17.3. The maximum atomic E-state index is 9.20. The molecule has 0 atom stereocenters. The van der Waals surface area contributed by atoms with E-state index in [1.807, 2.05) is 36.4 Å². The van der Waals surface area contributed by atoms with Gasteiger partial charge in [0.1, 0.15) is 19.0 Å². The third-order valence-corrected chi connectivity index (χ3v) is 3.64. The van der Waals surface area contributed by atoms with Crippen molar-refractivity contribution in [3.8, 4) is 17.2 Å². The van der Waals surface area contributed by atoms with E-state index >= 15 is 0 Å². The van der Waals surface area contributed by atoms with Gasteiger partial charge in [-0.15, -0.1) is 0 Å². The van der Waals surface area contributed by atoms with Crippen LogP contribution >= 0.6 is 15.9 Å². The zero-order chi connectivity index (χ0) is 15.1. The Hall–Kier alpha value is -1.72. The first-order valence-electron chi connectivity index (χ1n) is 6.52. The first-order valence-corrected chi connectivity index (χ1v) is 7.32. The third kappa shape index (κ3) is 4.37. The lowest BCUT2D eigenvalue weighted by Gasteiger charge is -2.11. The van der Waals surface area contributed by atoms with Crippen LogP contribution in [0, 0.1) is 0 Å². The van der Waals surface area contributed by atoms with Crippen molar-refractivity contribution < 1.29 is 19.3 Å². The molecule has 0 aliphatic rings. The van der Waals surface area contributed by atoms with E-state index < -0.39 is 0 Å². The molecule has 0 aliphatic carbocycles. The molecule has 5 heteroatoms. The van der Waals surface area contributed by atoms with Gasteiger partial charge in [-0.25, -0.2) is 0 Å². The average molecular weight is 353 g/mol. The van der Waals surface area contributed by atoms with Gasteiger partial charge < -0.3 is 19.3 Å². The Morgan fingerprint density at radius 2 is 1.71 bits per heavy atom. The summed E-state index contributed by atoms with van der Waals surface area (Å²) in [4.78, 5) is 0. The Morgan fingerprint density at radius 1 is 1.00 bits per heavy atom. The third-order valence-electron chi connectivity index (χ3n) is 2.87. The zero-order valence-electron chi connectivity index (χ0n) is 11.7. The largest absolute Gasteiger partial charge is 0.493 e. The molecule has 2 rings (SSSR count). The van der Waals surface area contributed by atoms with Crippen LogP contribution in [0.4, 0.5) is 0 Å². The minimum absolute atomic E-state index is 0.0322. The normalized spacial score (nSPS) is 10.2. The van der Waals surface area contributed by atoms with Gasteiger partial charge in [0.25, 0.3) is 0 Å². The molecule has 0 spiro atoms. The molecule has 2 aromatic rings. The number of methoxy groups -OCH3 is 1. The van der Waals surface area contributed by atoms with Crippen molar-refractivity contribution in [3.63, 3.8) is 0 Å². The summed E-state index contributed by atoms with van der Waals surface area (Å²) >= 11 is 3.36. The molecule has 0 heterocycles. The molecule has 1 N–H and O–H groups in total. The first-order chi connectivity index (χ1) is 10.2. The molecule has 0 saturated heterocycles. The Bertz CT molecular complexity index is 586. The Kier molecular flexibility index (Phi) is 5.90. The minimum Gasteiger partial charge on any atom is -0.493 e. The monoisotopic (exact) mass is 352 g/mol. The second-order valence-corrected chi connectivity index (χ2v) is 5.11. The van der Waals surface area contributed by atoms with Crippen LogP contribution in [0.5, 0.6) is 17.2 Å². The average Bonchev–Trinajstić information content (AvgIpc) is 2.53. The molecular weight excluding hydrogens is 336 g/mol. The maximum Gasteiger partial charge on any atom is 0.161 e. The Morgan fingerprint density at radius 3 is 2.43 bits per heavy atom. The molecule has 21 heavy (non-hydrogen) atoms. The van der Waals surface area contributed by atoms with Crippen molar-refractivity contribution in [2.45, 2.75) is 6.61 Å². The molecule has 4 nitrogen and oxygen atoms in total. The highest BCUT2D eigenvalue weighted by atomic mass is 79.9. The molecular formula is C16H17BrO4. The van der Waals surface area contributed by atoms with Crippen LogP contribution in [-0.2, 0) is 6.61 Å². The maximum absolute atomic E-state index is 9.20. The van der Waals surface area contributed by atoms with Gasteiger partial charge >= 0.3 is 0 Å². The van der Waals surface area contributed by atoms with Gasteiger partial charge in [-0.2, -0.15) is 0 Å². The van der Waals surface area contributed by atoms with Gasteiger partial charge in [0.2, 0.25) is 0 Å². The summed E-state index contributed by atoms with van der Waals surface area (Å²) in [6.45, 7) is 0.783. The molecule has 0 amide bonds.